The Bertz CT molecular complexity index is 413. The van der Waals surface area contributed by atoms with Gasteiger partial charge in [0.2, 0.25) is 5.91 Å². The molecular weight excluding hydrogens is 204 g/mol. The number of carbonyl (C=O) groups excluding carboxylic acids is 1. The van der Waals surface area contributed by atoms with Crippen LogP contribution in [0.25, 0.3) is 0 Å². The van der Waals surface area contributed by atoms with Crippen molar-refractivity contribution in [2.45, 2.75) is 13.0 Å². The van der Waals surface area contributed by atoms with E-state index in [1.807, 2.05) is 0 Å². The van der Waals surface area contributed by atoms with E-state index in [1.165, 1.54) is 0 Å². The number of thiophene rings is 1. The summed E-state index contributed by atoms with van der Waals surface area (Å²) in [5, 5.41) is 16.0. The van der Waals surface area contributed by atoms with Gasteiger partial charge in [0.15, 0.2) is 0 Å². The summed E-state index contributed by atoms with van der Waals surface area (Å²) in [6.07, 6.45) is 0. The number of carbonyl (C=O) groups is 2. The third kappa shape index (κ3) is 1.24. The second kappa shape index (κ2) is 2.98. The molecule has 0 unspecified atom stereocenters. The molecule has 1 aliphatic heterocycles. The van der Waals surface area contributed by atoms with Crippen molar-refractivity contribution < 1.29 is 14.7 Å². The van der Waals surface area contributed by atoms with Crippen LogP contribution < -0.4 is 10.6 Å². The number of amides is 1. The summed E-state index contributed by atoms with van der Waals surface area (Å²) in [7, 11) is 0. The van der Waals surface area contributed by atoms with Crippen LogP contribution in [0.2, 0.25) is 0 Å². The predicted molar refractivity (Wildman–Crippen MR) is 53.0 cm³/mol. The SMILES string of the molecule is C[C@@H]1Nc2csc(C(=O)O)c2NC1=O. The molecule has 2 heterocycles. The third-order valence-electron chi connectivity index (χ3n) is 2.00. The molecule has 1 aliphatic rings. The molecule has 0 radical (unpaired) electrons. The third-order valence-corrected chi connectivity index (χ3v) is 2.97. The second-order valence-electron chi connectivity index (χ2n) is 3.01. The quantitative estimate of drug-likeness (QED) is 0.653. The van der Waals surface area contributed by atoms with E-state index < -0.39 is 5.97 Å². The molecule has 0 aromatic carbocycles. The lowest BCUT2D eigenvalue weighted by Crippen LogP contribution is -2.36. The zero-order valence-electron chi connectivity index (χ0n) is 7.33. The first-order chi connectivity index (χ1) is 6.59. The Balaban J connectivity index is 2.45. The molecule has 0 bridgehead atoms. The molecule has 5 nitrogen and oxygen atoms in total. The van der Waals surface area contributed by atoms with E-state index in [0.29, 0.717) is 11.4 Å². The summed E-state index contributed by atoms with van der Waals surface area (Å²) in [6.45, 7) is 1.72. The van der Waals surface area contributed by atoms with E-state index in [-0.39, 0.29) is 16.8 Å². The second-order valence-corrected chi connectivity index (χ2v) is 3.89. The molecule has 3 N–H and O–H groups in total. The number of carboxylic acids is 1. The summed E-state index contributed by atoms with van der Waals surface area (Å²) in [5.41, 5.74) is 1.06. The average molecular weight is 212 g/mol. The van der Waals surface area contributed by atoms with Crippen LogP contribution in [0.5, 0.6) is 0 Å². The number of rotatable bonds is 1. The number of carboxylic acid groups (broad SMARTS) is 1. The molecule has 74 valence electrons. The summed E-state index contributed by atoms with van der Waals surface area (Å²) >= 11 is 1.10. The Morgan fingerprint density at radius 3 is 3.00 bits per heavy atom. The first-order valence-corrected chi connectivity index (χ1v) is 4.89. The highest BCUT2D eigenvalue weighted by atomic mass is 32.1. The highest BCUT2D eigenvalue weighted by Crippen LogP contribution is 2.35. The van der Waals surface area contributed by atoms with Crippen molar-refractivity contribution in [2.24, 2.45) is 0 Å². The van der Waals surface area contributed by atoms with Gasteiger partial charge in [-0.15, -0.1) is 11.3 Å². The van der Waals surface area contributed by atoms with Crippen molar-refractivity contribution in [3.63, 3.8) is 0 Å². The molecule has 1 aromatic rings. The summed E-state index contributed by atoms with van der Waals surface area (Å²) in [4.78, 5) is 22.2. The minimum Gasteiger partial charge on any atom is -0.477 e. The molecule has 2 rings (SSSR count). The van der Waals surface area contributed by atoms with Crippen molar-refractivity contribution in [3.8, 4) is 0 Å². The fourth-order valence-corrected chi connectivity index (χ4v) is 2.08. The largest absolute Gasteiger partial charge is 0.477 e. The standard InChI is InChI=1S/C8H8N2O3S/c1-3-7(11)10-5-4(9-3)2-14-6(5)8(12)13/h2-3,9H,1H3,(H,10,11)(H,12,13)/t3-/m0/s1. The van der Waals surface area contributed by atoms with Crippen LogP contribution in [0.3, 0.4) is 0 Å². The van der Waals surface area contributed by atoms with Crippen molar-refractivity contribution in [2.75, 3.05) is 10.6 Å². The van der Waals surface area contributed by atoms with E-state index in [2.05, 4.69) is 10.6 Å². The lowest BCUT2D eigenvalue weighted by molar-refractivity contribution is -0.116. The molecule has 1 aromatic heterocycles. The Morgan fingerprint density at radius 1 is 1.64 bits per heavy atom. The first-order valence-electron chi connectivity index (χ1n) is 4.02. The minimum atomic E-state index is -1.02. The highest BCUT2D eigenvalue weighted by molar-refractivity contribution is 7.13. The minimum absolute atomic E-state index is 0.160. The normalized spacial score (nSPS) is 19.5. The number of nitrogens with one attached hydrogen (secondary N) is 2. The first kappa shape index (κ1) is 9.01. The molecule has 1 atom stereocenters. The van der Waals surface area contributed by atoms with Gasteiger partial charge in [-0.2, -0.15) is 0 Å². The number of fused-ring (bicyclic) bond motifs is 1. The van der Waals surface area contributed by atoms with E-state index in [4.69, 9.17) is 5.11 Å². The molecular formula is C8H8N2O3S. The van der Waals surface area contributed by atoms with Crippen molar-refractivity contribution in [3.05, 3.63) is 10.3 Å². The monoisotopic (exact) mass is 212 g/mol. The van der Waals surface area contributed by atoms with Gasteiger partial charge in [0.1, 0.15) is 10.9 Å². The maximum Gasteiger partial charge on any atom is 0.348 e. The average Bonchev–Trinajstić information content (AvgIpc) is 2.48. The molecule has 0 spiro atoms. The van der Waals surface area contributed by atoms with E-state index in [0.717, 1.165) is 11.3 Å². The van der Waals surface area contributed by atoms with Crippen LogP contribution in [0.4, 0.5) is 11.4 Å². The molecule has 14 heavy (non-hydrogen) atoms. The van der Waals surface area contributed by atoms with Gasteiger partial charge in [0.25, 0.3) is 0 Å². The smallest absolute Gasteiger partial charge is 0.348 e. The Morgan fingerprint density at radius 2 is 2.36 bits per heavy atom. The Labute approximate surface area is 83.7 Å². The maximum absolute atomic E-state index is 11.3. The van der Waals surface area contributed by atoms with Gasteiger partial charge in [0.05, 0.1) is 11.4 Å². The topological polar surface area (TPSA) is 78.4 Å². The van der Waals surface area contributed by atoms with Gasteiger partial charge in [-0.05, 0) is 6.92 Å². The van der Waals surface area contributed by atoms with Gasteiger partial charge in [-0.25, -0.2) is 4.79 Å². The van der Waals surface area contributed by atoms with Crippen LogP contribution in [-0.4, -0.2) is 23.0 Å². The van der Waals surface area contributed by atoms with Crippen LogP contribution in [0, 0.1) is 0 Å². The fourth-order valence-electron chi connectivity index (χ4n) is 1.28. The van der Waals surface area contributed by atoms with E-state index in [1.54, 1.807) is 12.3 Å². The Kier molecular flexibility index (Phi) is 1.92. The summed E-state index contributed by atoms with van der Waals surface area (Å²) in [5.74, 6) is -1.23. The fraction of sp³-hybridized carbons (Fsp3) is 0.250. The lowest BCUT2D eigenvalue weighted by atomic mass is 10.2. The van der Waals surface area contributed by atoms with Crippen LogP contribution in [0.1, 0.15) is 16.6 Å². The van der Waals surface area contributed by atoms with E-state index in [9.17, 15) is 9.59 Å². The summed E-state index contributed by atoms with van der Waals surface area (Å²) in [6, 6.07) is -0.321. The van der Waals surface area contributed by atoms with Crippen LogP contribution in [0.15, 0.2) is 5.38 Å². The van der Waals surface area contributed by atoms with Gasteiger partial charge in [-0.3, -0.25) is 4.79 Å². The van der Waals surface area contributed by atoms with Crippen LogP contribution in [-0.2, 0) is 4.79 Å². The van der Waals surface area contributed by atoms with E-state index >= 15 is 0 Å². The maximum atomic E-state index is 11.3. The van der Waals surface area contributed by atoms with Gasteiger partial charge >= 0.3 is 5.97 Å². The van der Waals surface area contributed by atoms with Crippen LogP contribution >= 0.6 is 11.3 Å². The molecule has 0 saturated carbocycles. The number of aromatic carboxylic acids is 1. The molecule has 0 fully saturated rings. The number of hydrogen-bond acceptors (Lipinski definition) is 4. The molecule has 0 saturated heterocycles. The zero-order valence-corrected chi connectivity index (χ0v) is 8.14. The number of anilines is 2. The van der Waals surface area contributed by atoms with Gasteiger partial charge in [-0.1, -0.05) is 0 Å². The highest BCUT2D eigenvalue weighted by Gasteiger charge is 2.27. The number of hydrogen-bond donors (Lipinski definition) is 3. The van der Waals surface area contributed by atoms with Crippen molar-refractivity contribution in [1.82, 2.24) is 0 Å². The Hall–Kier alpha value is -1.56. The lowest BCUT2D eigenvalue weighted by Gasteiger charge is -2.21. The molecule has 6 heteroatoms. The summed E-state index contributed by atoms with van der Waals surface area (Å²) < 4.78 is 0. The zero-order chi connectivity index (χ0) is 10.3. The molecule has 0 aliphatic carbocycles. The molecule has 1 amide bonds. The van der Waals surface area contributed by atoms with Gasteiger partial charge in [0, 0.05) is 5.38 Å². The van der Waals surface area contributed by atoms with Crippen molar-refractivity contribution in [1.29, 1.82) is 0 Å². The van der Waals surface area contributed by atoms with Gasteiger partial charge < -0.3 is 15.7 Å². The predicted octanol–water partition coefficient (Wildman–Crippen LogP) is 1.20. The van der Waals surface area contributed by atoms with Crippen molar-refractivity contribution >= 4 is 34.6 Å².